The number of benzene rings is 1. The molecule has 1 aliphatic heterocycles. The third-order valence-corrected chi connectivity index (χ3v) is 5.73. The van der Waals surface area contributed by atoms with Gasteiger partial charge < -0.3 is 5.11 Å². The van der Waals surface area contributed by atoms with Crippen LogP contribution in [0.2, 0.25) is 0 Å². The Kier molecular flexibility index (Phi) is 4.84. The first-order chi connectivity index (χ1) is 10.1. The molecule has 4 nitrogen and oxygen atoms in total. The molecule has 1 aliphatic rings. The first-order valence-corrected chi connectivity index (χ1v) is 8.53. The summed E-state index contributed by atoms with van der Waals surface area (Å²) in [7, 11) is -3.90. The molecule has 1 aromatic carbocycles. The van der Waals surface area contributed by atoms with Crippen LogP contribution in [0, 0.1) is 5.92 Å². The van der Waals surface area contributed by atoms with Crippen LogP contribution in [0.3, 0.4) is 0 Å². The lowest BCUT2D eigenvalue weighted by molar-refractivity contribution is -0.138. The fourth-order valence-corrected chi connectivity index (χ4v) is 4.07. The van der Waals surface area contributed by atoms with Crippen LogP contribution in [0.4, 0.5) is 13.2 Å². The second-order valence-electron chi connectivity index (χ2n) is 5.60. The van der Waals surface area contributed by atoms with Crippen LogP contribution in [-0.4, -0.2) is 37.0 Å². The Balaban J connectivity index is 2.23. The van der Waals surface area contributed by atoms with Crippen molar-refractivity contribution in [1.82, 2.24) is 4.31 Å². The van der Waals surface area contributed by atoms with Gasteiger partial charge in [-0.05, 0) is 24.0 Å². The Morgan fingerprint density at radius 3 is 2.55 bits per heavy atom. The van der Waals surface area contributed by atoms with E-state index in [1.54, 1.807) is 0 Å². The van der Waals surface area contributed by atoms with E-state index in [0.717, 1.165) is 10.4 Å². The Morgan fingerprint density at radius 1 is 1.32 bits per heavy atom. The number of aliphatic hydroxyl groups is 1. The van der Waals surface area contributed by atoms with E-state index in [2.05, 4.69) is 0 Å². The molecule has 124 valence electrons. The van der Waals surface area contributed by atoms with Crippen molar-refractivity contribution in [1.29, 1.82) is 0 Å². The maximum atomic E-state index is 12.9. The summed E-state index contributed by atoms with van der Waals surface area (Å²) in [6, 6.07) is 4.65. The summed E-state index contributed by atoms with van der Waals surface area (Å²) >= 11 is 0. The summed E-state index contributed by atoms with van der Waals surface area (Å²) < 4.78 is 64.5. The quantitative estimate of drug-likeness (QED) is 0.920. The molecule has 1 heterocycles. The van der Waals surface area contributed by atoms with Crippen LogP contribution in [0.1, 0.15) is 24.5 Å². The van der Waals surface area contributed by atoms with Crippen LogP contribution in [0.25, 0.3) is 0 Å². The highest BCUT2D eigenvalue weighted by Crippen LogP contribution is 2.33. The standard InChI is InChI=1S/C14H18F3NO3S/c1-10-6-7-18(8-13(10)19)22(20,21)9-11-4-2-3-5-12(11)14(15,16)17/h2-5,10,13,19H,6-9H2,1H3. The molecule has 0 saturated carbocycles. The number of halogens is 3. The van der Waals surface area contributed by atoms with Gasteiger partial charge in [-0.3, -0.25) is 0 Å². The number of alkyl halides is 3. The van der Waals surface area contributed by atoms with Crippen LogP contribution >= 0.6 is 0 Å². The van der Waals surface area contributed by atoms with E-state index in [0.29, 0.717) is 6.42 Å². The number of β-amino-alcohol motifs (C(OH)–C–C–N with tert-alkyl or cyclic N) is 1. The van der Waals surface area contributed by atoms with E-state index in [9.17, 15) is 26.7 Å². The van der Waals surface area contributed by atoms with Crippen molar-refractivity contribution in [2.75, 3.05) is 13.1 Å². The molecule has 1 aromatic rings. The minimum absolute atomic E-state index is 0.0195. The van der Waals surface area contributed by atoms with Crippen molar-refractivity contribution >= 4 is 10.0 Å². The molecule has 2 rings (SSSR count). The monoisotopic (exact) mass is 337 g/mol. The first-order valence-electron chi connectivity index (χ1n) is 6.92. The van der Waals surface area contributed by atoms with Crippen molar-refractivity contribution in [3.8, 4) is 0 Å². The van der Waals surface area contributed by atoms with Gasteiger partial charge in [0.05, 0.1) is 17.4 Å². The Hall–Kier alpha value is -1.12. The SMILES string of the molecule is CC1CCN(S(=O)(=O)Cc2ccccc2C(F)(F)F)CC1O. The van der Waals surface area contributed by atoms with Crippen molar-refractivity contribution in [3.05, 3.63) is 35.4 Å². The largest absolute Gasteiger partial charge is 0.416 e. The average Bonchev–Trinajstić information content (AvgIpc) is 2.40. The lowest BCUT2D eigenvalue weighted by atomic mass is 9.98. The first kappa shape index (κ1) is 17.2. The molecule has 1 fully saturated rings. The number of sulfonamides is 1. The zero-order valence-electron chi connectivity index (χ0n) is 12.0. The van der Waals surface area contributed by atoms with E-state index in [4.69, 9.17) is 0 Å². The van der Waals surface area contributed by atoms with Crippen LogP contribution < -0.4 is 0 Å². The Bertz CT molecular complexity index is 630. The third kappa shape index (κ3) is 3.80. The number of nitrogens with zero attached hydrogens (tertiary/aromatic N) is 1. The van der Waals surface area contributed by atoms with Gasteiger partial charge >= 0.3 is 6.18 Å². The van der Waals surface area contributed by atoms with E-state index in [1.807, 2.05) is 6.92 Å². The molecule has 8 heteroatoms. The highest BCUT2D eigenvalue weighted by atomic mass is 32.2. The van der Waals surface area contributed by atoms with Gasteiger partial charge in [0.1, 0.15) is 0 Å². The van der Waals surface area contributed by atoms with Gasteiger partial charge in [0.25, 0.3) is 0 Å². The molecule has 1 saturated heterocycles. The van der Waals surface area contributed by atoms with Crippen LogP contribution in [-0.2, 0) is 22.0 Å². The summed E-state index contributed by atoms with van der Waals surface area (Å²) in [4.78, 5) is 0. The van der Waals surface area contributed by atoms with Gasteiger partial charge in [-0.2, -0.15) is 17.5 Å². The molecular formula is C14H18F3NO3S. The zero-order chi connectivity index (χ0) is 16.5. The molecule has 0 radical (unpaired) electrons. The topological polar surface area (TPSA) is 57.6 Å². The number of hydrogen-bond acceptors (Lipinski definition) is 3. The van der Waals surface area contributed by atoms with Gasteiger partial charge in [0, 0.05) is 13.1 Å². The smallest absolute Gasteiger partial charge is 0.391 e. The summed E-state index contributed by atoms with van der Waals surface area (Å²) in [5, 5.41) is 9.78. The molecule has 2 unspecified atom stereocenters. The second kappa shape index (κ2) is 6.17. The molecular weight excluding hydrogens is 319 g/mol. The van der Waals surface area contributed by atoms with Gasteiger partial charge in [0.2, 0.25) is 10.0 Å². The number of piperidine rings is 1. The molecule has 0 aliphatic carbocycles. The maximum absolute atomic E-state index is 12.9. The van der Waals surface area contributed by atoms with Gasteiger partial charge in [0.15, 0.2) is 0 Å². The minimum Gasteiger partial charge on any atom is -0.391 e. The Morgan fingerprint density at radius 2 is 1.95 bits per heavy atom. The molecule has 2 atom stereocenters. The highest BCUT2D eigenvalue weighted by Gasteiger charge is 2.36. The summed E-state index contributed by atoms with van der Waals surface area (Å²) in [6.45, 7) is 1.96. The lowest BCUT2D eigenvalue weighted by Crippen LogP contribution is -2.46. The van der Waals surface area contributed by atoms with E-state index in [1.165, 1.54) is 18.2 Å². The number of hydrogen-bond donors (Lipinski definition) is 1. The second-order valence-corrected chi connectivity index (χ2v) is 7.57. The van der Waals surface area contributed by atoms with E-state index in [-0.39, 0.29) is 24.6 Å². The molecule has 0 aromatic heterocycles. The van der Waals surface area contributed by atoms with Crippen molar-refractivity contribution in [2.24, 2.45) is 5.92 Å². The van der Waals surface area contributed by atoms with Crippen LogP contribution in [0.5, 0.6) is 0 Å². The normalized spacial score (nSPS) is 24.4. The molecule has 22 heavy (non-hydrogen) atoms. The minimum atomic E-state index is -4.60. The maximum Gasteiger partial charge on any atom is 0.416 e. The van der Waals surface area contributed by atoms with Gasteiger partial charge in [-0.1, -0.05) is 25.1 Å². The Labute approximate surface area is 127 Å². The van der Waals surface area contributed by atoms with Crippen molar-refractivity contribution in [2.45, 2.75) is 31.4 Å². The van der Waals surface area contributed by atoms with Gasteiger partial charge in [-0.25, -0.2) is 8.42 Å². The average molecular weight is 337 g/mol. The zero-order valence-corrected chi connectivity index (χ0v) is 12.9. The van der Waals surface area contributed by atoms with Crippen molar-refractivity contribution < 1.29 is 26.7 Å². The summed E-state index contributed by atoms with van der Waals surface area (Å²) in [5.74, 6) is -0.738. The number of aliphatic hydroxyl groups excluding tert-OH is 1. The molecule has 0 spiro atoms. The van der Waals surface area contributed by atoms with Gasteiger partial charge in [-0.15, -0.1) is 0 Å². The van der Waals surface area contributed by atoms with Crippen LogP contribution in [0.15, 0.2) is 24.3 Å². The predicted octanol–water partition coefficient (Wildman–Crippen LogP) is 2.24. The molecule has 0 bridgehead atoms. The van der Waals surface area contributed by atoms with E-state index >= 15 is 0 Å². The third-order valence-electron chi connectivity index (χ3n) is 3.94. The predicted molar refractivity (Wildman–Crippen MR) is 75.4 cm³/mol. The lowest BCUT2D eigenvalue weighted by Gasteiger charge is -2.33. The fraction of sp³-hybridized carbons (Fsp3) is 0.571. The number of rotatable bonds is 3. The molecule has 0 amide bonds. The van der Waals surface area contributed by atoms with E-state index < -0.39 is 33.6 Å². The summed E-state index contributed by atoms with van der Waals surface area (Å²) in [5.41, 5.74) is -1.22. The summed E-state index contributed by atoms with van der Waals surface area (Å²) in [6.07, 6.45) is -4.90. The fourth-order valence-electron chi connectivity index (χ4n) is 2.48. The molecule has 1 N–H and O–H groups in total. The van der Waals surface area contributed by atoms with Crippen molar-refractivity contribution in [3.63, 3.8) is 0 Å². The highest BCUT2D eigenvalue weighted by molar-refractivity contribution is 7.88.